The zero-order valence-electron chi connectivity index (χ0n) is 23.2. The van der Waals surface area contributed by atoms with Crippen molar-refractivity contribution in [2.45, 2.75) is 53.6 Å². The van der Waals surface area contributed by atoms with Crippen molar-refractivity contribution in [2.75, 3.05) is 51.8 Å². The third-order valence-electron chi connectivity index (χ3n) is 8.49. The van der Waals surface area contributed by atoms with E-state index in [9.17, 15) is 4.79 Å². The Kier molecular flexibility index (Phi) is 7.59. The first-order chi connectivity index (χ1) is 17.9. The minimum Gasteiger partial charge on any atom is -0.383 e. The second-order valence-corrected chi connectivity index (χ2v) is 11.0. The molecule has 1 saturated heterocycles. The summed E-state index contributed by atoms with van der Waals surface area (Å²) in [5, 5.41) is 4.98. The number of rotatable bonds is 9. The number of nitrogens with zero attached hydrogens (tertiary/aromatic N) is 3. The molecule has 0 spiro atoms. The number of ether oxygens (including phenoxy) is 1. The van der Waals surface area contributed by atoms with Gasteiger partial charge in [0.25, 0.3) is 5.91 Å². The van der Waals surface area contributed by atoms with Crippen LogP contribution < -0.4 is 5.32 Å². The Bertz CT molecular complexity index is 1260. The predicted octanol–water partition coefficient (Wildman–Crippen LogP) is 5.30. The first kappa shape index (κ1) is 25.8. The number of aromatic nitrogens is 1. The Balaban J connectivity index is 1.48. The molecular weight excluding hydrogens is 460 g/mol. The molecular formula is C31H42N4O2. The van der Waals surface area contributed by atoms with Crippen LogP contribution in [0.2, 0.25) is 0 Å². The quantitative estimate of drug-likeness (QED) is 0.431. The van der Waals surface area contributed by atoms with Crippen LogP contribution in [-0.2, 0) is 17.8 Å². The minimum absolute atomic E-state index is 0.135. The van der Waals surface area contributed by atoms with Gasteiger partial charge in [0.2, 0.25) is 0 Å². The molecule has 1 aliphatic heterocycles. The topological polar surface area (TPSA) is 49.7 Å². The van der Waals surface area contributed by atoms with Gasteiger partial charge in [-0.05, 0) is 80.8 Å². The number of amides is 1. The summed E-state index contributed by atoms with van der Waals surface area (Å²) < 4.78 is 7.73. The number of carbonyl (C=O) groups is 1. The Morgan fingerprint density at radius 2 is 1.73 bits per heavy atom. The highest BCUT2D eigenvalue weighted by Gasteiger charge is 2.27. The zero-order valence-corrected chi connectivity index (χ0v) is 23.2. The van der Waals surface area contributed by atoms with Crippen LogP contribution in [0.25, 0.3) is 10.9 Å². The summed E-state index contributed by atoms with van der Waals surface area (Å²) in [6.07, 6.45) is 2.63. The van der Waals surface area contributed by atoms with Gasteiger partial charge in [0.15, 0.2) is 0 Å². The van der Waals surface area contributed by atoms with Crippen LogP contribution in [0.3, 0.4) is 0 Å². The lowest BCUT2D eigenvalue weighted by atomic mass is 10.0. The van der Waals surface area contributed by atoms with Gasteiger partial charge < -0.3 is 19.5 Å². The predicted molar refractivity (Wildman–Crippen MR) is 152 cm³/mol. The summed E-state index contributed by atoms with van der Waals surface area (Å²) in [6, 6.07) is 10.7. The molecule has 6 nitrogen and oxygen atoms in total. The van der Waals surface area contributed by atoms with Crippen LogP contribution in [0.1, 0.15) is 51.1 Å². The number of hydrogen-bond acceptors (Lipinski definition) is 4. The van der Waals surface area contributed by atoms with E-state index in [-0.39, 0.29) is 5.91 Å². The van der Waals surface area contributed by atoms with Crippen molar-refractivity contribution in [1.82, 2.24) is 14.4 Å². The number of nitrogens with one attached hydrogen (secondary N) is 1. The standard InChI is InChI=1S/C31H42N4O2/c1-21-7-6-8-22(2)28(21)19-32-29-18-26(31(36)34-13-11-33(12-14-34)15-16-37-5)17-27-23(3)24(4)35(30(27)29)20-25-9-10-25/h6-8,17-18,25,32H,9-16,19-20H2,1-5H3. The molecule has 0 radical (unpaired) electrons. The highest BCUT2D eigenvalue weighted by atomic mass is 16.5. The van der Waals surface area contributed by atoms with Gasteiger partial charge in [-0.3, -0.25) is 9.69 Å². The molecule has 1 aliphatic carbocycles. The molecule has 0 atom stereocenters. The first-order valence-corrected chi connectivity index (χ1v) is 13.8. The minimum atomic E-state index is 0.135. The summed E-state index contributed by atoms with van der Waals surface area (Å²) in [7, 11) is 1.74. The van der Waals surface area contributed by atoms with Crippen LogP contribution in [0, 0.1) is 33.6 Å². The van der Waals surface area contributed by atoms with Gasteiger partial charge in [-0.2, -0.15) is 0 Å². The van der Waals surface area contributed by atoms with Gasteiger partial charge >= 0.3 is 0 Å². The summed E-state index contributed by atoms with van der Waals surface area (Å²) >= 11 is 0. The van der Waals surface area contributed by atoms with Crippen molar-refractivity contribution >= 4 is 22.5 Å². The molecule has 2 fully saturated rings. The summed E-state index contributed by atoms with van der Waals surface area (Å²) in [6.45, 7) is 15.6. The largest absolute Gasteiger partial charge is 0.383 e. The second-order valence-electron chi connectivity index (χ2n) is 11.0. The van der Waals surface area contributed by atoms with Crippen LogP contribution in [0.15, 0.2) is 30.3 Å². The lowest BCUT2D eigenvalue weighted by molar-refractivity contribution is 0.0594. The van der Waals surface area contributed by atoms with Crippen LogP contribution in [0.5, 0.6) is 0 Å². The highest BCUT2D eigenvalue weighted by molar-refractivity contribution is 6.04. The molecule has 1 saturated carbocycles. The van der Waals surface area contributed by atoms with E-state index in [4.69, 9.17) is 4.74 Å². The molecule has 198 valence electrons. The number of piperazine rings is 1. The van der Waals surface area contributed by atoms with Gasteiger partial charge in [0, 0.05) is 69.6 Å². The fourth-order valence-electron chi connectivity index (χ4n) is 5.71. The number of methoxy groups -OCH3 is 1. The average molecular weight is 503 g/mol. The molecule has 6 heteroatoms. The molecule has 1 N–H and O–H groups in total. The number of fused-ring (bicyclic) bond motifs is 1. The van der Waals surface area contributed by atoms with Gasteiger partial charge in [-0.1, -0.05) is 18.2 Å². The van der Waals surface area contributed by atoms with E-state index >= 15 is 0 Å². The maximum atomic E-state index is 13.7. The molecule has 2 aliphatic rings. The normalized spacial score (nSPS) is 16.5. The van der Waals surface area contributed by atoms with E-state index in [1.807, 2.05) is 4.90 Å². The molecule has 3 aromatic rings. The van der Waals surface area contributed by atoms with Crippen molar-refractivity contribution in [1.29, 1.82) is 0 Å². The van der Waals surface area contributed by atoms with Crippen molar-refractivity contribution in [3.63, 3.8) is 0 Å². The van der Waals surface area contributed by atoms with E-state index in [0.29, 0.717) is 0 Å². The molecule has 1 amide bonds. The molecule has 37 heavy (non-hydrogen) atoms. The fraction of sp³-hybridized carbons (Fsp3) is 0.516. The Labute approximate surface area is 221 Å². The van der Waals surface area contributed by atoms with Crippen LogP contribution in [0.4, 0.5) is 5.69 Å². The molecule has 5 rings (SSSR count). The number of aryl methyl sites for hydroxylation is 3. The highest BCUT2D eigenvalue weighted by Crippen LogP contribution is 2.38. The molecule has 0 unspecified atom stereocenters. The molecule has 2 heterocycles. The maximum Gasteiger partial charge on any atom is 0.254 e. The summed E-state index contributed by atoms with van der Waals surface area (Å²) in [4.78, 5) is 18.1. The lowest BCUT2D eigenvalue weighted by Gasteiger charge is -2.34. The Hall–Kier alpha value is -2.83. The van der Waals surface area contributed by atoms with Gasteiger partial charge in [-0.25, -0.2) is 0 Å². The zero-order chi connectivity index (χ0) is 26.1. The number of anilines is 1. The SMILES string of the molecule is COCCN1CCN(C(=O)c2cc(NCc3c(C)cccc3C)c3c(c2)c(C)c(C)n3CC2CC2)CC1. The van der Waals surface area contributed by atoms with Crippen molar-refractivity contribution in [3.8, 4) is 0 Å². The molecule has 1 aromatic heterocycles. The van der Waals surface area contributed by atoms with Crippen molar-refractivity contribution < 1.29 is 9.53 Å². The Morgan fingerprint density at radius 3 is 2.38 bits per heavy atom. The van der Waals surface area contributed by atoms with Crippen LogP contribution >= 0.6 is 0 Å². The molecule has 0 bridgehead atoms. The van der Waals surface area contributed by atoms with Crippen LogP contribution in [-0.4, -0.2) is 66.7 Å². The van der Waals surface area contributed by atoms with E-state index in [1.54, 1.807) is 7.11 Å². The van der Waals surface area contributed by atoms with Crippen molar-refractivity contribution in [3.05, 3.63) is 63.8 Å². The number of carbonyl (C=O) groups excluding carboxylic acids is 1. The monoisotopic (exact) mass is 502 g/mol. The molecule has 2 aromatic carbocycles. The first-order valence-electron chi connectivity index (χ1n) is 13.8. The maximum absolute atomic E-state index is 13.7. The Morgan fingerprint density at radius 1 is 1.03 bits per heavy atom. The van der Waals surface area contributed by atoms with E-state index in [1.165, 1.54) is 51.7 Å². The van der Waals surface area contributed by atoms with Gasteiger partial charge in [0.1, 0.15) is 0 Å². The van der Waals surface area contributed by atoms with E-state index in [2.05, 4.69) is 72.8 Å². The van der Waals surface area contributed by atoms with Crippen molar-refractivity contribution in [2.24, 2.45) is 5.92 Å². The fourth-order valence-corrected chi connectivity index (χ4v) is 5.71. The third kappa shape index (κ3) is 5.41. The van der Waals surface area contributed by atoms with E-state index in [0.717, 1.165) is 69.6 Å². The smallest absolute Gasteiger partial charge is 0.254 e. The second kappa shape index (κ2) is 10.9. The lowest BCUT2D eigenvalue weighted by Crippen LogP contribution is -2.49. The van der Waals surface area contributed by atoms with Gasteiger partial charge in [0.05, 0.1) is 17.8 Å². The number of benzene rings is 2. The summed E-state index contributed by atoms with van der Waals surface area (Å²) in [5.74, 6) is 0.909. The summed E-state index contributed by atoms with van der Waals surface area (Å²) in [5.41, 5.74) is 9.61. The van der Waals surface area contributed by atoms with E-state index < -0.39 is 0 Å². The number of hydrogen-bond donors (Lipinski definition) is 1. The average Bonchev–Trinajstić information content (AvgIpc) is 3.69. The third-order valence-corrected chi connectivity index (χ3v) is 8.49. The van der Waals surface area contributed by atoms with Gasteiger partial charge in [-0.15, -0.1) is 0 Å².